The van der Waals surface area contributed by atoms with Crippen molar-refractivity contribution in [2.75, 3.05) is 37.6 Å². The molecule has 0 saturated carbocycles. The predicted octanol–water partition coefficient (Wildman–Crippen LogP) is 1.92. The Kier molecular flexibility index (Phi) is 4.32. The van der Waals surface area contributed by atoms with Gasteiger partial charge >= 0.3 is 0 Å². The molecule has 130 valence electrons. The fourth-order valence-electron chi connectivity index (χ4n) is 3.75. The number of benzene rings is 1. The lowest BCUT2D eigenvalue weighted by atomic mass is 10.2. The van der Waals surface area contributed by atoms with Crippen LogP contribution in [0.3, 0.4) is 0 Å². The zero-order chi connectivity index (χ0) is 17.2. The van der Waals surface area contributed by atoms with Crippen molar-refractivity contribution in [3.05, 3.63) is 66.2 Å². The SMILES string of the molecule is CC1=C(C(=O)CN2CCN(c3ccccc3)CC2)N2C=CC=CC2N1. The molecule has 3 aliphatic rings. The first-order valence-corrected chi connectivity index (χ1v) is 8.89. The second kappa shape index (κ2) is 6.76. The van der Waals surface area contributed by atoms with Gasteiger partial charge in [0.2, 0.25) is 0 Å². The number of allylic oxidation sites excluding steroid dienone is 3. The Labute approximate surface area is 148 Å². The maximum Gasteiger partial charge on any atom is 0.194 e. The average molecular weight is 336 g/mol. The van der Waals surface area contributed by atoms with Crippen LogP contribution in [-0.4, -0.2) is 54.5 Å². The number of carbonyl (C=O) groups is 1. The van der Waals surface area contributed by atoms with Gasteiger partial charge in [0.05, 0.1) is 6.54 Å². The molecule has 0 spiro atoms. The molecule has 5 heteroatoms. The van der Waals surface area contributed by atoms with Crippen LogP contribution in [0.1, 0.15) is 6.92 Å². The number of nitrogens with zero attached hydrogens (tertiary/aromatic N) is 3. The molecule has 25 heavy (non-hydrogen) atoms. The van der Waals surface area contributed by atoms with Gasteiger partial charge in [-0.3, -0.25) is 9.69 Å². The zero-order valence-corrected chi connectivity index (χ0v) is 14.6. The van der Waals surface area contributed by atoms with Crippen molar-refractivity contribution in [3.8, 4) is 0 Å². The summed E-state index contributed by atoms with van der Waals surface area (Å²) in [5.74, 6) is 0.195. The van der Waals surface area contributed by atoms with E-state index in [1.165, 1.54) is 5.69 Å². The van der Waals surface area contributed by atoms with Gasteiger partial charge in [0.15, 0.2) is 5.78 Å². The maximum atomic E-state index is 12.9. The third-order valence-corrected chi connectivity index (χ3v) is 5.05. The van der Waals surface area contributed by atoms with Gasteiger partial charge in [-0.2, -0.15) is 0 Å². The molecule has 3 heterocycles. The van der Waals surface area contributed by atoms with Gasteiger partial charge in [-0.15, -0.1) is 0 Å². The number of ketones is 1. The lowest BCUT2D eigenvalue weighted by Crippen LogP contribution is -2.48. The number of piperazine rings is 1. The van der Waals surface area contributed by atoms with Crippen LogP contribution in [0.4, 0.5) is 5.69 Å². The van der Waals surface area contributed by atoms with E-state index in [9.17, 15) is 4.79 Å². The fourth-order valence-corrected chi connectivity index (χ4v) is 3.75. The quantitative estimate of drug-likeness (QED) is 0.910. The first-order valence-electron chi connectivity index (χ1n) is 8.89. The van der Waals surface area contributed by atoms with Crippen LogP contribution < -0.4 is 10.2 Å². The molecule has 0 bridgehead atoms. The van der Waals surface area contributed by atoms with Gasteiger partial charge in [0, 0.05) is 43.8 Å². The van der Waals surface area contributed by atoms with Crippen LogP contribution in [0, 0.1) is 0 Å². The monoisotopic (exact) mass is 336 g/mol. The number of nitrogens with one attached hydrogen (secondary N) is 1. The van der Waals surface area contributed by atoms with Crippen LogP contribution in [0.15, 0.2) is 66.2 Å². The van der Waals surface area contributed by atoms with Crippen molar-refractivity contribution in [1.82, 2.24) is 15.1 Å². The Morgan fingerprint density at radius 1 is 1.12 bits per heavy atom. The highest BCUT2D eigenvalue weighted by molar-refractivity contribution is 5.97. The highest BCUT2D eigenvalue weighted by Gasteiger charge is 2.32. The molecular formula is C20H24N4O. The van der Waals surface area contributed by atoms with Crippen LogP contribution in [-0.2, 0) is 4.79 Å². The van der Waals surface area contributed by atoms with Crippen molar-refractivity contribution >= 4 is 11.5 Å². The molecule has 1 saturated heterocycles. The molecule has 0 aromatic heterocycles. The predicted molar refractivity (Wildman–Crippen MR) is 99.8 cm³/mol. The van der Waals surface area contributed by atoms with Crippen LogP contribution in [0.25, 0.3) is 0 Å². The molecule has 3 aliphatic heterocycles. The normalized spacial score (nSPS) is 23.0. The highest BCUT2D eigenvalue weighted by Crippen LogP contribution is 2.25. The second-order valence-corrected chi connectivity index (χ2v) is 6.72. The van der Waals surface area contributed by atoms with Crippen LogP contribution in [0.2, 0.25) is 0 Å². The Bertz CT molecular complexity index is 729. The number of para-hydroxylation sites is 1. The van der Waals surface area contributed by atoms with Crippen molar-refractivity contribution in [1.29, 1.82) is 0 Å². The Hall–Kier alpha value is -2.53. The van der Waals surface area contributed by atoms with Gasteiger partial charge < -0.3 is 15.1 Å². The molecule has 4 rings (SSSR count). The highest BCUT2D eigenvalue weighted by atomic mass is 16.1. The van der Waals surface area contributed by atoms with Gasteiger partial charge in [-0.1, -0.05) is 24.3 Å². The standard InChI is InChI=1S/C20H24N4O/c1-16-20(24-10-6-5-9-19(24)21-16)18(25)15-22-11-13-23(14-12-22)17-7-3-2-4-8-17/h2-10,19,21H,11-15H2,1H3. The van der Waals surface area contributed by atoms with Crippen LogP contribution in [0.5, 0.6) is 0 Å². The summed E-state index contributed by atoms with van der Waals surface area (Å²) in [6.45, 7) is 6.22. The van der Waals surface area contributed by atoms with Crippen molar-refractivity contribution in [3.63, 3.8) is 0 Å². The molecule has 0 amide bonds. The minimum absolute atomic E-state index is 0.0823. The van der Waals surface area contributed by atoms with E-state index in [1.807, 2.05) is 36.2 Å². The summed E-state index contributed by atoms with van der Waals surface area (Å²) in [5.41, 5.74) is 3.03. The summed E-state index contributed by atoms with van der Waals surface area (Å²) >= 11 is 0. The smallest absolute Gasteiger partial charge is 0.194 e. The second-order valence-electron chi connectivity index (χ2n) is 6.72. The van der Waals surface area contributed by atoms with Crippen LogP contribution >= 0.6 is 0 Å². The number of hydrogen-bond acceptors (Lipinski definition) is 5. The number of hydrogen-bond donors (Lipinski definition) is 1. The molecular weight excluding hydrogens is 312 g/mol. The van der Waals surface area contributed by atoms with E-state index >= 15 is 0 Å². The van der Waals surface area contributed by atoms with Crippen molar-refractivity contribution in [2.45, 2.75) is 13.1 Å². The number of Topliss-reactive ketones (excluding diaryl/α,β-unsaturated/α-hetero) is 1. The molecule has 1 aromatic carbocycles. The lowest BCUT2D eigenvalue weighted by Gasteiger charge is -2.36. The minimum Gasteiger partial charge on any atom is -0.369 e. The zero-order valence-electron chi connectivity index (χ0n) is 14.6. The van der Waals surface area contributed by atoms with Gasteiger partial charge in [-0.25, -0.2) is 0 Å². The molecule has 1 fully saturated rings. The van der Waals surface area contributed by atoms with E-state index in [-0.39, 0.29) is 11.9 Å². The summed E-state index contributed by atoms with van der Waals surface area (Å²) in [7, 11) is 0. The number of rotatable bonds is 4. The summed E-state index contributed by atoms with van der Waals surface area (Å²) < 4.78 is 0. The van der Waals surface area contributed by atoms with E-state index in [1.54, 1.807) is 0 Å². The fraction of sp³-hybridized carbons (Fsp3) is 0.350. The van der Waals surface area contributed by atoms with E-state index < -0.39 is 0 Å². The third-order valence-electron chi connectivity index (χ3n) is 5.05. The largest absolute Gasteiger partial charge is 0.369 e. The van der Waals surface area contributed by atoms with Gasteiger partial charge in [0.1, 0.15) is 11.9 Å². The molecule has 1 atom stereocenters. The van der Waals surface area contributed by atoms with Crippen molar-refractivity contribution in [2.24, 2.45) is 0 Å². The lowest BCUT2D eigenvalue weighted by molar-refractivity contribution is -0.118. The topological polar surface area (TPSA) is 38.8 Å². The average Bonchev–Trinajstić information content (AvgIpc) is 2.99. The van der Waals surface area contributed by atoms with E-state index in [0.717, 1.165) is 37.6 Å². The molecule has 0 radical (unpaired) electrons. The summed E-state index contributed by atoms with van der Waals surface area (Å²) in [6.07, 6.45) is 8.12. The first kappa shape index (κ1) is 16.0. The molecule has 1 unspecified atom stereocenters. The molecule has 5 nitrogen and oxygen atoms in total. The Morgan fingerprint density at radius 2 is 1.88 bits per heavy atom. The summed E-state index contributed by atoms with van der Waals surface area (Å²) in [5, 5.41) is 3.37. The van der Waals surface area contributed by atoms with E-state index in [4.69, 9.17) is 0 Å². The van der Waals surface area contributed by atoms with Gasteiger partial charge in [-0.05, 0) is 31.2 Å². The Balaban J connectivity index is 1.36. The molecule has 0 aliphatic carbocycles. The first-order chi connectivity index (χ1) is 12.2. The summed E-state index contributed by atoms with van der Waals surface area (Å²) in [6, 6.07) is 10.5. The van der Waals surface area contributed by atoms with Gasteiger partial charge in [0.25, 0.3) is 0 Å². The number of anilines is 1. The third kappa shape index (κ3) is 3.20. The Morgan fingerprint density at radius 3 is 2.64 bits per heavy atom. The van der Waals surface area contributed by atoms with E-state index in [0.29, 0.717) is 6.54 Å². The minimum atomic E-state index is 0.0823. The molecule has 1 N–H and O–H groups in total. The molecule has 1 aromatic rings. The van der Waals surface area contributed by atoms with E-state index in [2.05, 4.69) is 45.5 Å². The number of carbonyl (C=O) groups excluding carboxylic acids is 1. The number of fused-ring (bicyclic) bond motifs is 1. The summed E-state index contributed by atoms with van der Waals surface area (Å²) in [4.78, 5) is 19.6. The maximum absolute atomic E-state index is 12.9. The van der Waals surface area contributed by atoms with Crippen molar-refractivity contribution < 1.29 is 4.79 Å².